The first-order chi connectivity index (χ1) is 9.81. The minimum atomic E-state index is -2.63. The number of fused-ring (bicyclic) bond motifs is 1. The normalized spacial score (nSPS) is 12.8. The Bertz CT molecular complexity index is 604. The number of nitrogens with zero attached hydrogens (tertiary/aromatic N) is 3. The van der Waals surface area contributed by atoms with E-state index in [4.69, 9.17) is 0 Å². The summed E-state index contributed by atoms with van der Waals surface area (Å²) in [4.78, 5) is 6.21. The maximum Gasteiger partial charge on any atom is 0.320 e. The molecule has 21 heavy (non-hydrogen) atoms. The van der Waals surface area contributed by atoms with E-state index in [1.54, 1.807) is 38.1 Å². The van der Waals surface area contributed by atoms with Crippen LogP contribution in [0.2, 0.25) is 0 Å². The fourth-order valence-electron chi connectivity index (χ4n) is 2.45. The van der Waals surface area contributed by atoms with Crippen LogP contribution >= 0.6 is 0 Å². The molecule has 0 atom stereocenters. The lowest BCUT2D eigenvalue weighted by molar-refractivity contribution is 0.0307. The van der Waals surface area contributed by atoms with Gasteiger partial charge in [0.1, 0.15) is 5.82 Å². The molecular weight excluding hydrogens is 276 g/mol. The van der Waals surface area contributed by atoms with Gasteiger partial charge in [-0.05, 0) is 32.5 Å². The highest BCUT2D eigenvalue weighted by atomic mass is 19.3. The molecule has 4 nitrogen and oxygen atoms in total. The van der Waals surface area contributed by atoms with Gasteiger partial charge in [0.2, 0.25) is 0 Å². The van der Waals surface area contributed by atoms with Gasteiger partial charge in [-0.1, -0.05) is 19.1 Å². The first-order valence-corrected chi connectivity index (χ1v) is 7.00. The van der Waals surface area contributed by atoms with Gasteiger partial charge in [0, 0.05) is 6.54 Å². The van der Waals surface area contributed by atoms with E-state index < -0.39 is 12.2 Å². The van der Waals surface area contributed by atoms with Gasteiger partial charge in [0.25, 0.3) is 0 Å². The largest absolute Gasteiger partial charge is 0.389 e. The first-order valence-electron chi connectivity index (χ1n) is 7.00. The Kier molecular flexibility index (Phi) is 4.58. The Labute approximate surface area is 123 Å². The number of para-hydroxylation sites is 2. The number of aromatic nitrogens is 2. The molecule has 1 heterocycles. The van der Waals surface area contributed by atoms with Gasteiger partial charge in [0.15, 0.2) is 0 Å². The fraction of sp³-hybridized carbons (Fsp3) is 0.533. The van der Waals surface area contributed by atoms with Crippen molar-refractivity contribution in [2.75, 3.05) is 13.1 Å². The Morgan fingerprint density at radius 1 is 1.33 bits per heavy atom. The summed E-state index contributed by atoms with van der Waals surface area (Å²) >= 11 is 0. The second-order valence-corrected chi connectivity index (χ2v) is 5.78. The lowest BCUT2D eigenvalue weighted by atomic mass is 10.1. The highest BCUT2D eigenvalue weighted by Gasteiger charge is 2.22. The lowest BCUT2D eigenvalue weighted by Crippen LogP contribution is -2.38. The van der Waals surface area contributed by atoms with Crippen molar-refractivity contribution in [2.45, 2.75) is 39.5 Å². The van der Waals surface area contributed by atoms with E-state index in [1.165, 1.54) is 0 Å². The molecule has 2 rings (SSSR count). The fourth-order valence-corrected chi connectivity index (χ4v) is 2.45. The number of halogens is 2. The maximum absolute atomic E-state index is 13.3. The number of imidazole rings is 1. The molecule has 0 aliphatic rings. The molecule has 0 saturated heterocycles. The zero-order valence-electron chi connectivity index (χ0n) is 12.6. The second kappa shape index (κ2) is 6.07. The van der Waals surface area contributed by atoms with Crippen LogP contribution in [0.4, 0.5) is 8.78 Å². The van der Waals surface area contributed by atoms with Crippen LogP contribution < -0.4 is 0 Å². The van der Waals surface area contributed by atoms with Gasteiger partial charge in [-0.25, -0.2) is 4.98 Å². The van der Waals surface area contributed by atoms with Crippen molar-refractivity contribution in [1.29, 1.82) is 0 Å². The summed E-state index contributed by atoms with van der Waals surface area (Å²) in [6.07, 6.45) is 0. The Morgan fingerprint density at radius 3 is 2.57 bits per heavy atom. The predicted octanol–water partition coefficient (Wildman–Crippen LogP) is 3.02. The highest BCUT2D eigenvalue weighted by molar-refractivity contribution is 5.75. The number of aliphatic hydroxyl groups is 1. The minimum absolute atomic E-state index is 0.277. The molecule has 6 heteroatoms. The van der Waals surface area contributed by atoms with Gasteiger partial charge in [0.05, 0.1) is 23.2 Å². The van der Waals surface area contributed by atoms with Crippen molar-refractivity contribution in [2.24, 2.45) is 0 Å². The third-order valence-electron chi connectivity index (χ3n) is 3.29. The standard InChI is InChI=1S/C15H21F2N3O/c1-4-19(10-15(2,3)21)9-13-18-11-7-5-6-8-12(11)20(13)14(16)17/h5-8,14,21H,4,9-10H2,1-3H3. The smallest absolute Gasteiger partial charge is 0.320 e. The summed E-state index contributed by atoms with van der Waals surface area (Å²) in [6, 6.07) is 6.87. The molecule has 0 aliphatic carbocycles. The van der Waals surface area contributed by atoms with Crippen LogP contribution in [0.25, 0.3) is 11.0 Å². The second-order valence-electron chi connectivity index (χ2n) is 5.78. The number of likely N-dealkylation sites (N-methyl/N-ethyl adjacent to an activating group) is 1. The summed E-state index contributed by atoms with van der Waals surface area (Å²) in [5, 5.41) is 9.90. The summed E-state index contributed by atoms with van der Waals surface area (Å²) in [5.74, 6) is 0.317. The summed E-state index contributed by atoms with van der Waals surface area (Å²) < 4.78 is 27.6. The van der Waals surface area contributed by atoms with Gasteiger partial charge >= 0.3 is 6.55 Å². The van der Waals surface area contributed by atoms with Crippen molar-refractivity contribution in [3.63, 3.8) is 0 Å². The maximum atomic E-state index is 13.3. The van der Waals surface area contributed by atoms with Crippen molar-refractivity contribution < 1.29 is 13.9 Å². The van der Waals surface area contributed by atoms with E-state index in [0.717, 1.165) is 4.57 Å². The molecule has 0 fully saturated rings. The minimum Gasteiger partial charge on any atom is -0.389 e. The van der Waals surface area contributed by atoms with Crippen molar-refractivity contribution in [3.8, 4) is 0 Å². The monoisotopic (exact) mass is 297 g/mol. The zero-order valence-corrected chi connectivity index (χ0v) is 12.6. The molecule has 116 valence electrons. The number of hydrogen-bond acceptors (Lipinski definition) is 3. The van der Waals surface area contributed by atoms with Gasteiger partial charge < -0.3 is 5.11 Å². The van der Waals surface area contributed by atoms with E-state index in [0.29, 0.717) is 29.9 Å². The van der Waals surface area contributed by atoms with E-state index in [2.05, 4.69) is 4.98 Å². The number of hydrogen-bond donors (Lipinski definition) is 1. The lowest BCUT2D eigenvalue weighted by Gasteiger charge is -2.27. The van der Waals surface area contributed by atoms with Crippen LogP contribution in [0.15, 0.2) is 24.3 Å². The molecule has 0 saturated carbocycles. The van der Waals surface area contributed by atoms with Crippen LogP contribution in [-0.4, -0.2) is 38.2 Å². The van der Waals surface area contributed by atoms with Crippen molar-refractivity contribution in [1.82, 2.24) is 14.5 Å². The van der Waals surface area contributed by atoms with E-state index in [1.807, 2.05) is 11.8 Å². The van der Waals surface area contributed by atoms with E-state index in [9.17, 15) is 13.9 Å². The number of alkyl halides is 2. The van der Waals surface area contributed by atoms with E-state index in [-0.39, 0.29) is 6.54 Å². The van der Waals surface area contributed by atoms with Crippen LogP contribution in [-0.2, 0) is 6.54 Å². The Morgan fingerprint density at radius 2 is 2.00 bits per heavy atom. The molecule has 0 amide bonds. The average molecular weight is 297 g/mol. The molecule has 0 aliphatic heterocycles. The molecule has 0 spiro atoms. The molecule has 1 aromatic heterocycles. The van der Waals surface area contributed by atoms with Gasteiger partial charge in [-0.3, -0.25) is 9.47 Å². The summed E-state index contributed by atoms with van der Waals surface area (Å²) in [5.41, 5.74) is 0.117. The molecular formula is C15H21F2N3O. The topological polar surface area (TPSA) is 41.3 Å². The molecule has 0 unspecified atom stereocenters. The van der Waals surface area contributed by atoms with Crippen LogP contribution in [0, 0.1) is 0 Å². The van der Waals surface area contributed by atoms with Gasteiger partial charge in [-0.2, -0.15) is 8.78 Å². The molecule has 0 radical (unpaired) electrons. The van der Waals surface area contributed by atoms with Crippen LogP contribution in [0.3, 0.4) is 0 Å². The average Bonchev–Trinajstić information content (AvgIpc) is 2.74. The predicted molar refractivity (Wildman–Crippen MR) is 78.2 cm³/mol. The number of rotatable bonds is 6. The van der Waals surface area contributed by atoms with Crippen molar-refractivity contribution >= 4 is 11.0 Å². The molecule has 1 N–H and O–H groups in total. The third-order valence-corrected chi connectivity index (χ3v) is 3.29. The van der Waals surface area contributed by atoms with Crippen LogP contribution in [0.1, 0.15) is 33.1 Å². The Balaban J connectivity index is 2.34. The van der Waals surface area contributed by atoms with Crippen LogP contribution in [0.5, 0.6) is 0 Å². The molecule has 2 aromatic rings. The number of benzene rings is 1. The van der Waals surface area contributed by atoms with Gasteiger partial charge in [-0.15, -0.1) is 0 Å². The SMILES string of the molecule is CCN(Cc1nc2ccccc2n1C(F)F)CC(C)(C)O. The first kappa shape index (κ1) is 15.9. The highest BCUT2D eigenvalue weighted by Crippen LogP contribution is 2.24. The summed E-state index contributed by atoms with van der Waals surface area (Å²) in [7, 11) is 0. The quantitative estimate of drug-likeness (QED) is 0.891. The molecule has 1 aromatic carbocycles. The van der Waals surface area contributed by atoms with Crippen molar-refractivity contribution in [3.05, 3.63) is 30.1 Å². The Hall–Kier alpha value is -1.53. The molecule has 0 bridgehead atoms. The van der Waals surface area contributed by atoms with E-state index >= 15 is 0 Å². The zero-order chi connectivity index (χ0) is 15.6. The summed E-state index contributed by atoms with van der Waals surface area (Å²) in [6.45, 7) is 4.03. The third kappa shape index (κ3) is 3.77.